The number of halogens is 1. The third-order valence-electron chi connectivity index (χ3n) is 3.39. The van der Waals surface area contributed by atoms with Crippen molar-refractivity contribution in [3.8, 4) is 0 Å². The van der Waals surface area contributed by atoms with Gasteiger partial charge in [0.25, 0.3) is 0 Å². The van der Waals surface area contributed by atoms with Crippen LogP contribution in [-0.4, -0.2) is 46.6 Å². The highest BCUT2D eigenvalue weighted by Gasteiger charge is 2.66. The quantitative estimate of drug-likeness (QED) is 0.740. The Labute approximate surface area is 94.4 Å². The summed E-state index contributed by atoms with van der Waals surface area (Å²) in [6.07, 6.45) is -1.08. The van der Waals surface area contributed by atoms with Crippen molar-refractivity contribution in [1.29, 1.82) is 0 Å². The van der Waals surface area contributed by atoms with Crippen molar-refractivity contribution >= 4 is 6.09 Å². The SMILES string of the molecule is CC(C)(C)OC(=O)N1C[C@H]2C[C@]1(CO)[C@@H]2F. The molecule has 1 N–H and O–H groups in total. The van der Waals surface area contributed by atoms with E-state index in [1.165, 1.54) is 4.90 Å². The summed E-state index contributed by atoms with van der Waals surface area (Å²) in [5.74, 6) is -0.125. The van der Waals surface area contributed by atoms with Gasteiger partial charge in [0.2, 0.25) is 0 Å². The number of carbonyl (C=O) groups excluding carboxylic acids is 1. The maximum atomic E-state index is 13.7. The van der Waals surface area contributed by atoms with E-state index in [9.17, 15) is 14.3 Å². The molecule has 0 aromatic carbocycles. The minimum absolute atomic E-state index is 0.125. The number of hydrogen-bond donors (Lipinski definition) is 1. The minimum atomic E-state index is -1.11. The van der Waals surface area contributed by atoms with Gasteiger partial charge in [-0.3, -0.25) is 4.90 Å². The summed E-state index contributed by atoms with van der Waals surface area (Å²) < 4.78 is 18.9. The van der Waals surface area contributed by atoms with Crippen LogP contribution in [0.1, 0.15) is 27.2 Å². The Morgan fingerprint density at radius 2 is 2.25 bits per heavy atom. The predicted octanol–water partition coefficient (Wildman–Crippen LogP) is 1.33. The predicted molar refractivity (Wildman–Crippen MR) is 55.8 cm³/mol. The van der Waals surface area contributed by atoms with Gasteiger partial charge >= 0.3 is 6.09 Å². The minimum Gasteiger partial charge on any atom is -0.444 e. The molecule has 16 heavy (non-hydrogen) atoms. The first-order valence-corrected chi connectivity index (χ1v) is 5.56. The van der Waals surface area contributed by atoms with E-state index < -0.39 is 23.4 Å². The Bertz CT molecular complexity index is 315. The third-order valence-corrected chi connectivity index (χ3v) is 3.39. The fourth-order valence-electron chi connectivity index (χ4n) is 2.59. The largest absolute Gasteiger partial charge is 0.444 e. The second-order valence-electron chi connectivity index (χ2n) is 5.72. The van der Waals surface area contributed by atoms with Crippen LogP contribution in [0.5, 0.6) is 0 Å². The van der Waals surface area contributed by atoms with Gasteiger partial charge in [0.15, 0.2) is 0 Å². The number of amides is 1. The zero-order valence-electron chi connectivity index (χ0n) is 9.86. The number of aliphatic hydroxyl groups excluding tert-OH is 1. The molecule has 3 atom stereocenters. The molecular weight excluding hydrogens is 213 g/mol. The van der Waals surface area contributed by atoms with E-state index >= 15 is 0 Å². The highest BCUT2D eigenvalue weighted by molar-refractivity contribution is 5.71. The Kier molecular flexibility index (Phi) is 2.42. The summed E-state index contributed by atoms with van der Waals surface area (Å²) in [5.41, 5.74) is -1.60. The Morgan fingerprint density at radius 3 is 2.69 bits per heavy atom. The van der Waals surface area contributed by atoms with E-state index in [0.29, 0.717) is 13.0 Å². The average molecular weight is 231 g/mol. The fourth-order valence-corrected chi connectivity index (χ4v) is 2.59. The molecule has 1 amide bonds. The summed E-state index contributed by atoms with van der Waals surface area (Å²) in [5, 5.41) is 9.26. The van der Waals surface area contributed by atoms with E-state index in [2.05, 4.69) is 0 Å². The lowest BCUT2D eigenvalue weighted by Gasteiger charge is -2.43. The molecular formula is C11H18FNO3. The van der Waals surface area contributed by atoms with Gasteiger partial charge in [-0.1, -0.05) is 0 Å². The van der Waals surface area contributed by atoms with Gasteiger partial charge in [0.1, 0.15) is 17.3 Å². The zero-order chi connectivity index (χ0) is 12.1. The van der Waals surface area contributed by atoms with Crippen LogP contribution in [0, 0.1) is 5.92 Å². The van der Waals surface area contributed by atoms with E-state index in [0.717, 1.165) is 0 Å². The van der Waals surface area contributed by atoms with Gasteiger partial charge in [-0.25, -0.2) is 9.18 Å². The lowest BCUT2D eigenvalue weighted by Crippen LogP contribution is -2.60. The highest BCUT2D eigenvalue weighted by atomic mass is 19.1. The number of alkyl halides is 1. The molecule has 3 rings (SSSR count). The molecule has 0 unspecified atom stereocenters. The van der Waals surface area contributed by atoms with Crippen molar-refractivity contribution in [1.82, 2.24) is 4.90 Å². The number of fused-ring (bicyclic) bond motifs is 1. The van der Waals surface area contributed by atoms with Crippen LogP contribution in [0.15, 0.2) is 0 Å². The van der Waals surface area contributed by atoms with Crippen LogP contribution in [0.3, 0.4) is 0 Å². The molecule has 2 saturated heterocycles. The summed E-state index contributed by atoms with van der Waals surface area (Å²) >= 11 is 0. The number of ether oxygens (including phenoxy) is 1. The molecule has 0 aromatic heterocycles. The standard InChI is InChI=1S/C11H18FNO3/c1-10(2,3)16-9(15)13-5-7-4-11(13,6-14)8(7)12/h7-8,14H,4-6H2,1-3H3/t7-,8-,11+/m1/s1. The molecule has 0 radical (unpaired) electrons. The van der Waals surface area contributed by atoms with Crippen LogP contribution < -0.4 is 0 Å². The number of aliphatic hydroxyl groups is 1. The molecule has 3 aliphatic rings. The smallest absolute Gasteiger partial charge is 0.410 e. The van der Waals surface area contributed by atoms with Crippen LogP contribution >= 0.6 is 0 Å². The summed E-state index contributed by atoms with van der Waals surface area (Å²) in [7, 11) is 0. The van der Waals surface area contributed by atoms with Crippen LogP contribution in [0.25, 0.3) is 0 Å². The topological polar surface area (TPSA) is 49.8 Å². The number of rotatable bonds is 1. The molecule has 92 valence electrons. The van der Waals surface area contributed by atoms with Gasteiger partial charge in [-0.05, 0) is 27.2 Å². The van der Waals surface area contributed by atoms with Gasteiger partial charge in [0, 0.05) is 12.5 Å². The highest BCUT2D eigenvalue weighted by Crippen LogP contribution is 2.52. The van der Waals surface area contributed by atoms with Crippen LogP contribution in [-0.2, 0) is 4.74 Å². The van der Waals surface area contributed by atoms with Crippen molar-refractivity contribution in [3.05, 3.63) is 0 Å². The van der Waals surface area contributed by atoms with Gasteiger partial charge in [-0.2, -0.15) is 0 Å². The van der Waals surface area contributed by atoms with Crippen molar-refractivity contribution < 1.29 is 19.0 Å². The summed E-state index contributed by atoms with van der Waals surface area (Å²) in [6, 6.07) is 0. The maximum Gasteiger partial charge on any atom is 0.410 e. The first-order chi connectivity index (χ1) is 7.30. The molecule has 2 heterocycles. The molecule has 2 aliphatic heterocycles. The second-order valence-corrected chi connectivity index (χ2v) is 5.72. The molecule has 5 heteroatoms. The Balaban J connectivity index is 2.09. The lowest BCUT2D eigenvalue weighted by atomic mass is 9.72. The average Bonchev–Trinajstić information content (AvgIpc) is 2.66. The third kappa shape index (κ3) is 1.49. The first kappa shape index (κ1) is 11.6. The first-order valence-electron chi connectivity index (χ1n) is 5.56. The molecule has 1 aliphatic carbocycles. The second kappa shape index (κ2) is 3.32. The van der Waals surface area contributed by atoms with Crippen molar-refractivity contribution in [2.24, 2.45) is 5.92 Å². The van der Waals surface area contributed by atoms with Crippen LogP contribution in [0.4, 0.5) is 9.18 Å². The van der Waals surface area contributed by atoms with E-state index in [4.69, 9.17) is 4.74 Å². The monoisotopic (exact) mass is 231 g/mol. The van der Waals surface area contributed by atoms with Gasteiger partial charge < -0.3 is 9.84 Å². The van der Waals surface area contributed by atoms with E-state index in [1.807, 2.05) is 0 Å². The van der Waals surface area contributed by atoms with E-state index in [1.54, 1.807) is 20.8 Å². The molecule has 3 fully saturated rings. The normalized spacial score (nSPS) is 37.2. The van der Waals surface area contributed by atoms with Gasteiger partial charge in [0.05, 0.1) is 6.61 Å². The summed E-state index contributed by atoms with van der Waals surface area (Å²) in [6.45, 7) is 5.33. The Hall–Kier alpha value is -0.840. The number of nitrogens with zero attached hydrogens (tertiary/aromatic N) is 1. The number of hydrogen-bond acceptors (Lipinski definition) is 3. The summed E-state index contributed by atoms with van der Waals surface area (Å²) in [4.78, 5) is 13.2. The zero-order valence-corrected chi connectivity index (χ0v) is 9.86. The molecule has 1 saturated carbocycles. The molecule has 0 spiro atoms. The van der Waals surface area contributed by atoms with Crippen molar-refractivity contribution in [2.75, 3.05) is 13.2 Å². The van der Waals surface area contributed by atoms with Crippen LogP contribution in [0.2, 0.25) is 0 Å². The van der Waals surface area contributed by atoms with Crippen molar-refractivity contribution in [2.45, 2.75) is 44.5 Å². The molecule has 0 aromatic rings. The fraction of sp³-hybridized carbons (Fsp3) is 0.909. The maximum absolute atomic E-state index is 13.7. The molecule has 4 nitrogen and oxygen atoms in total. The molecule has 2 bridgehead atoms. The Morgan fingerprint density at radius 1 is 1.62 bits per heavy atom. The lowest BCUT2D eigenvalue weighted by molar-refractivity contribution is -0.0496. The number of carbonyl (C=O) groups is 1. The van der Waals surface area contributed by atoms with Gasteiger partial charge in [-0.15, -0.1) is 0 Å². The van der Waals surface area contributed by atoms with Crippen molar-refractivity contribution in [3.63, 3.8) is 0 Å². The van der Waals surface area contributed by atoms with E-state index in [-0.39, 0.29) is 12.5 Å².